The molecule has 0 radical (unpaired) electrons. The van der Waals surface area contributed by atoms with E-state index in [1.165, 1.54) is 6.92 Å². The van der Waals surface area contributed by atoms with Crippen molar-refractivity contribution in [3.63, 3.8) is 0 Å². The van der Waals surface area contributed by atoms with E-state index in [-0.39, 0.29) is 19.4 Å². The molecule has 0 bridgehead atoms. The predicted molar refractivity (Wildman–Crippen MR) is 99.0 cm³/mol. The second kappa shape index (κ2) is 11.1. The predicted octanol–water partition coefficient (Wildman–Crippen LogP) is -2.28. The third kappa shape index (κ3) is 7.31. The molecule has 1 rings (SSSR count). The summed E-state index contributed by atoms with van der Waals surface area (Å²) >= 11 is 0. The maximum atomic E-state index is 12.9. The van der Waals surface area contributed by atoms with Crippen molar-refractivity contribution in [1.82, 2.24) is 15.5 Å². The van der Waals surface area contributed by atoms with Gasteiger partial charge >= 0.3 is 17.9 Å². The highest BCUT2D eigenvalue weighted by Gasteiger charge is 2.39. The molecule has 13 heteroatoms. The largest absolute Gasteiger partial charge is 0.481 e. The number of aliphatic carboxylic acids is 3. The van der Waals surface area contributed by atoms with E-state index in [1.807, 2.05) is 0 Å². The summed E-state index contributed by atoms with van der Waals surface area (Å²) in [5.74, 6) is -6.36. The summed E-state index contributed by atoms with van der Waals surface area (Å²) < 4.78 is 0. The summed E-state index contributed by atoms with van der Waals surface area (Å²) in [5, 5.41) is 31.2. The van der Waals surface area contributed by atoms with E-state index in [4.69, 9.17) is 21.1 Å². The van der Waals surface area contributed by atoms with Gasteiger partial charge in [0.25, 0.3) is 0 Å². The lowest BCUT2D eigenvalue weighted by Gasteiger charge is -2.29. The lowest BCUT2D eigenvalue weighted by Crippen LogP contribution is -2.56. The smallest absolute Gasteiger partial charge is 0.326 e. The average molecular weight is 430 g/mol. The lowest BCUT2D eigenvalue weighted by molar-refractivity contribution is -0.148. The van der Waals surface area contributed by atoms with Crippen LogP contribution in [0, 0.1) is 0 Å². The summed E-state index contributed by atoms with van der Waals surface area (Å²) in [7, 11) is 0. The highest BCUT2D eigenvalue weighted by atomic mass is 16.4. The Balaban J connectivity index is 2.95. The number of nitrogens with one attached hydrogen (secondary N) is 2. The molecule has 0 aromatic heterocycles. The minimum absolute atomic E-state index is 0.130. The Bertz CT molecular complexity index is 709. The number of carboxylic acid groups (broad SMARTS) is 3. The van der Waals surface area contributed by atoms with Crippen LogP contribution in [0.4, 0.5) is 0 Å². The van der Waals surface area contributed by atoms with Crippen molar-refractivity contribution in [3.05, 3.63) is 0 Å². The normalized spacial score (nSPS) is 18.7. The number of carbonyl (C=O) groups is 6. The SMILES string of the molecule is CC(N)C(=O)NC(CCC(=O)O)C(=O)N1CCCC1C(=O)NC(CC(=O)O)C(=O)O. The highest BCUT2D eigenvalue weighted by Crippen LogP contribution is 2.20. The van der Waals surface area contributed by atoms with Crippen LogP contribution < -0.4 is 16.4 Å². The minimum Gasteiger partial charge on any atom is -0.481 e. The van der Waals surface area contributed by atoms with Crippen molar-refractivity contribution in [2.75, 3.05) is 6.54 Å². The van der Waals surface area contributed by atoms with Crippen molar-refractivity contribution < 1.29 is 44.1 Å². The Hall–Kier alpha value is -3.22. The standard InChI is InChI=1S/C17H26N4O9/c1-8(18)14(26)19-9(4-5-12(22)23)16(28)21-6-2-3-11(21)15(27)20-10(17(29)30)7-13(24)25/h8-11H,2-7,18H2,1H3,(H,19,26)(H,20,27)(H,22,23)(H,24,25)(H,29,30). The third-order valence-electron chi connectivity index (χ3n) is 4.51. The average Bonchev–Trinajstić information content (AvgIpc) is 3.12. The Labute approximate surface area is 171 Å². The highest BCUT2D eigenvalue weighted by molar-refractivity contribution is 5.95. The molecular weight excluding hydrogens is 404 g/mol. The molecule has 13 nitrogen and oxygen atoms in total. The number of nitrogens with zero attached hydrogens (tertiary/aromatic N) is 1. The molecule has 0 aromatic carbocycles. The fraction of sp³-hybridized carbons (Fsp3) is 0.647. The maximum absolute atomic E-state index is 12.9. The summed E-state index contributed by atoms with van der Waals surface area (Å²) in [6, 6.07) is -4.93. The molecule has 3 amide bonds. The van der Waals surface area contributed by atoms with Gasteiger partial charge in [-0.1, -0.05) is 0 Å². The van der Waals surface area contributed by atoms with Gasteiger partial charge in [0.1, 0.15) is 18.1 Å². The molecule has 0 saturated carbocycles. The number of rotatable bonds is 11. The van der Waals surface area contributed by atoms with Crippen LogP contribution in [-0.2, 0) is 28.8 Å². The Morgan fingerprint density at radius 2 is 1.67 bits per heavy atom. The molecule has 1 aliphatic heterocycles. The van der Waals surface area contributed by atoms with Gasteiger partial charge in [0, 0.05) is 13.0 Å². The molecule has 168 valence electrons. The fourth-order valence-electron chi connectivity index (χ4n) is 2.97. The van der Waals surface area contributed by atoms with Gasteiger partial charge in [0.15, 0.2) is 0 Å². The number of carboxylic acids is 3. The number of carbonyl (C=O) groups excluding carboxylic acids is 3. The second-order valence-electron chi connectivity index (χ2n) is 6.97. The van der Waals surface area contributed by atoms with Crippen LogP contribution in [0.3, 0.4) is 0 Å². The van der Waals surface area contributed by atoms with Gasteiger partial charge in [-0.05, 0) is 26.2 Å². The number of likely N-dealkylation sites (tertiary alicyclic amines) is 1. The van der Waals surface area contributed by atoms with Crippen LogP contribution in [0.15, 0.2) is 0 Å². The molecule has 1 saturated heterocycles. The lowest BCUT2D eigenvalue weighted by atomic mass is 10.1. The first-order valence-corrected chi connectivity index (χ1v) is 9.27. The summed E-state index contributed by atoms with van der Waals surface area (Å²) in [6.07, 6.45) is -0.876. The van der Waals surface area contributed by atoms with Gasteiger partial charge in [0.05, 0.1) is 12.5 Å². The van der Waals surface area contributed by atoms with Crippen molar-refractivity contribution >= 4 is 35.6 Å². The van der Waals surface area contributed by atoms with Crippen LogP contribution in [0.2, 0.25) is 0 Å². The molecule has 0 spiro atoms. The second-order valence-corrected chi connectivity index (χ2v) is 6.97. The number of hydrogen-bond donors (Lipinski definition) is 6. The minimum atomic E-state index is -1.67. The van der Waals surface area contributed by atoms with Crippen LogP contribution in [0.5, 0.6) is 0 Å². The topological polar surface area (TPSA) is 216 Å². The van der Waals surface area contributed by atoms with Crippen LogP contribution in [0.1, 0.15) is 39.0 Å². The van der Waals surface area contributed by atoms with Crippen molar-refractivity contribution in [3.8, 4) is 0 Å². The maximum Gasteiger partial charge on any atom is 0.326 e. The van der Waals surface area contributed by atoms with Gasteiger partial charge < -0.3 is 36.6 Å². The van der Waals surface area contributed by atoms with E-state index >= 15 is 0 Å². The molecule has 30 heavy (non-hydrogen) atoms. The van der Waals surface area contributed by atoms with Crippen LogP contribution in [0.25, 0.3) is 0 Å². The Morgan fingerprint density at radius 1 is 1.03 bits per heavy atom. The van der Waals surface area contributed by atoms with E-state index in [2.05, 4.69) is 10.6 Å². The number of nitrogens with two attached hydrogens (primary N) is 1. The zero-order valence-electron chi connectivity index (χ0n) is 16.4. The zero-order chi connectivity index (χ0) is 23.0. The van der Waals surface area contributed by atoms with E-state index in [0.717, 1.165) is 4.90 Å². The van der Waals surface area contributed by atoms with Crippen molar-refractivity contribution in [1.29, 1.82) is 0 Å². The van der Waals surface area contributed by atoms with Gasteiger partial charge in [-0.25, -0.2) is 4.79 Å². The van der Waals surface area contributed by atoms with E-state index in [1.54, 1.807) is 0 Å². The third-order valence-corrected chi connectivity index (χ3v) is 4.51. The monoisotopic (exact) mass is 430 g/mol. The molecule has 7 N–H and O–H groups in total. The van der Waals surface area contributed by atoms with Gasteiger partial charge in [-0.2, -0.15) is 0 Å². The van der Waals surface area contributed by atoms with E-state index in [9.17, 15) is 28.8 Å². The first-order chi connectivity index (χ1) is 13.9. The quantitative estimate of drug-likeness (QED) is 0.206. The molecule has 4 unspecified atom stereocenters. The Morgan fingerprint density at radius 3 is 2.17 bits per heavy atom. The van der Waals surface area contributed by atoms with Crippen LogP contribution >= 0.6 is 0 Å². The first-order valence-electron chi connectivity index (χ1n) is 9.27. The van der Waals surface area contributed by atoms with Crippen LogP contribution in [-0.4, -0.2) is 86.6 Å². The van der Waals surface area contributed by atoms with E-state index in [0.29, 0.717) is 6.42 Å². The molecule has 1 fully saturated rings. The Kier molecular flexibility index (Phi) is 9.17. The van der Waals surface area contributed by atoms with Crippen molar-refractivity contribution in [2.45, 2.75) is 63.2 Å². The number of amides is 3. The zero-order valence-corrected chi connectivity index (χ0v) is 16.4. The molecule has 1 heterocycles. The van der Waals surface area contributed by atoms with Gasteiger partial charge in [0.2, 0.25) is 17.7 Å². The van der Waals surface area contributed by atoms with Gasteiger partial charge in [-0.15, -0.1) is 0 Å². The molecule has 1 aliphatic rings. The number of hydrogen-bond acceptors (Lipinski definition) is 7. The fourth-order valence-corrected chi connectivity index (χ4v) is 2.97. The summed E-state index contributed by atoms with van der Waals surface area (Å²) in [4.78, 5) is 71.3. The summed E-state index contributed by atoms with van der Waals surface area (Å²) in [6.45, 7) is 1.51. The summed E-state index contributed by atoms with van der Waals surface area (Å²) in [5.41, 5.74) is 5.47. The molecule has 4 atom stereocenters. The molecule has 0 aliphatic carbocycles. The van der Waals surface area contributed by atoms with Crippen molar-refractivity contribution in [2.24, 2.45) is 5.73 Å². The van der Waals surface area contributed by atoms with Gasteiger partial charge in [-0.3, -0.25) is 24.0 Å². The molecular formula is C17H26N4O9. The first kappa shape index (κ1) is 24.8. The van der Waals surface area contributed by atoms with E-state index < -0.39 is 72.6 Å². The molecule has 0 aromatic rings.